The van der Waals surface area contributed by atoms with Gasteiger partial charge in [0.2, 0.25) is 17.7 Å². The van der Waals surface area contributed by atoms with Gasteiger partial charge in [0.1, 0.15) is 5.75 Å². The summed E-state index contributed by atoms with van der Waals surface area (Å²) in [7, 11) is 0. The molecule has 1 aromatic heterocycles. The molecule has 0 aliphatic rings. The van der Waals surface area contributed by atoms with Crippen LogP contribution in [0, 0.1) is 0 Å². The highest BCUT2D eigenvalue weighted by Gasteiger charge is 2.17. The van der Waals surface area contributed by atoms with Crippen LogP contribution in [-0.2, 0) is 22.6 Å². The van der Waals surface area contributed by atoms with Crippen molar-refractivity contribution in [1.29, 1.82) is 0 Å². The number of benzene rings is 1. The number of aromatic hydroxyl groups is 1. The van der Waals surface area contributed by atoms with Gasteiger partial charge in [-0.2, -0.15) is 4.98 Å². The van der Waals surface area contributed by atoms with E-state index >= 15 is 0 Å². The van der Waals surface area contributed by atoms with Crippen molar-refractivity contribution in [2.24, 2.45) is 0 Å². The number of nitrogens with zero attached hydrogens (tertiary/aromatic N) is 3. The summed E-state index contributed by atoms with van der Waals surface area (Å²) in [5.41, 5.74) is 0.491. The highest BCUT2D eigenvalue weighted by Crippen LogP contribution is 2.16. The number of rotatable bonds is 9. The first-order valence-corrected chi connectivity index (χ1v) is 8.70. The molecule has 0 unspecified atom stereocenters. The van der Waals surface area contributed by atoms with Crippen LogP contribution < -0.4 is 5.32 Å². The average Bonchev–Trinajstić information content (AvgIpc) is 3.05. The molecule has 2 rings (SSSR count). The van der Waals surface area contributed by atoms with Gasteiger partial charge < -0.3 is 19.8 Å². The van der Waals surface area contributed by atoms with Crippen LogP contribution in [0.15, 0.2) is 28.8 Å². The Morgan fingerprint density at radius 1 is 1.27 bits per heavy atom. The Kier molecular flexibility index (Phi) is 7.13. The monoisotopic (exact) mass is 360 g/mol. The Bertz CT molecular complexity index is 744. The Morgan fingerprint density at radius 3 is 2.77 bits per heavy atom. The molecule has 8 nitrogen and oxygen atoms in total. The SMILES string of the molecule is CCCc1nc(CN(CC)C(=O)CCC(=O)Nc2cccc(O)c2)no1. The van der Waals surface area contributed by atoms with Gasteiger partial charge in [-0.3, -0.25) is 9.59 Å². The van der Waals surface area contributed by atoms with E-state index in [1.807, 2.05) is 13.8 Å². The molecule has 2 aromatic rings. The van der Waals surface area contributed by atoms with Crippen molar-refractivity contribution in [1.82, 2.24) is 15.0 Å². The lowest BCUT2D eigenvalue weighted by molar-refractivity contribution is -0.133. The predicted octanol–water partition coefficient (Wildman–Crippen LogP) is 2.50. The van der Waals surface area contributed by atoms with Gasteiger partial charge in [-0.25, -0.2) is 0 Å². The van der Waals surface area contributed by atoms with Gasteiger partial charge in [0.05, 0.1) is 6.54 Å². The van der Waals surface area contributed by atoms with Crippen LogP contribution in [0.5, 0.6) is 5.75 Å². The molecule has 0 bridgehead atoms. The van der Waals surface area contributed by atoms with Crippen LogP contribution in [0.1, 0.15) is 44.8 Å². The van der Waals surface area contributed by atoms with Crippen LogP contribution in [0.25, 0.3) is 0 Å². The Labute approximate surface area is 152 Å². The molecule has 8 heteroatoms. The quantitative estimate of drug-likeness (QED) is 0.711. The number of aryl methyl sites for hydroxylation is 1. The van der Waals surface area contributed by atoms with Gasteiger partial charge in [0, 0.05) is 37.6 Å². The summed E-state index contributed by atoms with van der Waals surface area (Å²) >= 11 is 0. The molecule has 140 valence electrons. The van der Waals surface area contributed by atoms with E-state index in [1.54, 1.807) is 17.0 Å². The number of phenolic OH excluding ortho intramolecular Hbond substituents is 1. The number of nitrogens with one attached hydrogen (secondary N) is 1. The van der Waals surface area contributed by atoms with E-state index in [1.165, 1.54) is 12.1 Å². The third kappa shape index (κ3) is 5.87. The van der Waals surface area contributed by atoms with E-state index < -0.39 is 0 Å². The highest BCUT2D eigenvalue weighted by molar-refractivity contribution is 5.93. The second kappa shape index (κ2) is 9.55. The molecule has 0 spiro atoms. The zero-order chi connectivity index (χ0) is 18.9. The first-order chi connectivity index (χ1) is 12.5. The molecule has 0 radical (unpaired) electrons. The average molecular weight is 360 g/mol. The first kappa shape index (κ1) is 19.4. The summed E-state index contributed by atoms with van der Waals surface area (Å²) in [6, 6.07) is 6.26. The van der Waals surface area contributed by atoms with E-state index in [2.05, 4.69) is 15.5 Å². The Morgan fingerprint density at radius 2 is 2.08 bits per heavy atom. The summed E-state index contributed by atoms with van der Waals surface area (Å²) in [5.74, 6) is 0.660. The zero-order valence-electron chi connectivity index (χ0n) is 15.1. The number of hydrogen-bond acceptors (Lipinski definition) is 6. The van der Waals surface area contributed by atoms with E-state index in [9.17, 15) is 14.7 Å². The lowest BCUT2D eigenvalue weighted by Gasteiger charge is -2.18. The van der Waals surface area contributed by atoms with Crippen LogP contribution in [0.4, 0.5) is 5.69 Å². The van der Waals surface area contributed by atoms with Gasteiger partial charge >= 0.3 is 0 Å². The van der Waals surface area contributed by atoms with E-state index in [4.69, 9.17) is 4.52 Å². The molecule has 0 aliphatic heterocycles. The first-order valence-electron chi connectivity index (χ1n) is 8.70. The minimum atomic E-state index is -0.287. The third-order valence-corrected chi connectivity index (χ3v) is 3.74. The largest absolute Gasteiger partial charge is 0.508 e. The lowest BCUT2D eigenvalue weighted by atomic mass is 10.2. The van der Waals surface area contributed by atoms with Gasteiger partial charge in [-0.05, 0) is 25.5 Å². The van der Waals surface area contributed by atoms with Crippen molar-refractivity contribution < 1.29 is 19.2 Å². The molecule has 1 aromatic carbocycles. The fourth-order valence-electron chi connectivity index (χ4n) is 2.40. The number of carbonyl (C=O) groups excluding carboxylic acids is 2. The van der Waals surface area contributed by atoms with Gasteiger partial charge in [-0.15, -0.1) is 0 Å². The van der Waals surface area contributed by atoms with Crippen molar-refractivity contribution in [3.05, 3.63) is 36.0 Å². The van der Waals surface area contributed by atoms with Crippen LogP contribution in [-0.4, -0.2) is 38.5 Å². The second-order valence-corrected chi connectivity index (χ2v) is 5.86. The normalized spacial score (nSPS) is 10.5. The van der Waals surface area contributed by atoms with Gasteiger partial charge in [0.25, 0.3) is 0 Å². The molecule has 1 heterocycles. The minimum absolute atomic E-state index is 0.0539. The lowest BCUT2D eigenvalue weighted by Crippen LogP contribution is -2.31. The molecule has 26 heavy (non-hydrogen) atoms. The molecule has 0 saturated carbocycles. The maximum absolute atomic E-state index is 12.3. The van der Waals surface area contributed by atoms with Crippen molar-refractivity contribution in [2.45, 2.75) is 46.1 Å². The standard InChI is InChI=1S/C18H24N4O4/c1-3-6-17-20-15(21-26-17)12-22(4-2)18(25)10-9-16(24)19-13-7-5-8-14(23)11-13/h5,7-8,11,23H,3-4,6,9-10,12H2,1-2H3,(H,19,24). The molecule has 0 fully saturated rings. The van der Waals surface area contributed by atoms with Crippen molar-refractivity contribution in [3.63, 3.8) is 0 Å². The second-order valence-electron chi connectivity index (χ2n) is 5.86. The fraction of sp³-hybridized carbons (Fsp3) is 0.444. The van der Waals surface area contributed by atoms with Crippen LogP contribution in [0.2, 0.25) is 0 Å². The fourth-order valence-corrected chi connectivity index (χ4v) is 2.40. The number of phenols is 1. The molecule has 0 saturated heterocycles. The maximum Gasteiger partial charge on any atom is 0.226 e. The number of carbonyl (C=O) groups is 2. The van der Waals surface area contributed by atoms with Crippen molar-refractivity contribution >= 4 is 17.5 Å². The van der Waals surface area contributed by atoms with Crippen molar-refractivity contribution in [3.8, 4) is 5.75 Å². The van der Waals surface area contributed by atoms with Gasteiger partial charge in [-0.1, -0.05) is 18.1 Å². The molecule has 0 atom stereocenters. The summed E-state index contributed by atoms with van der Waals surface area (Å²) in [6.07, 6.45) is 1.76. The summed E-state index contributed by atoms with van der Waals surface area (Å²) in [4.78, 5) is 30.2. The maximum atomic E-state index is 12.3. The molecule has 2 amide bonds. The molecule has 2 N–H and O–H groups in total. The molecular weight excluding hydrogens is 336 g/mol. The summed E-state index contributed by atoms with van der Waals surface area (Å²) < 4.78 is 5.12. The number of aromatic nitrogens is 2. The van der Waals surface area contributed by atoms with E-state index in [0.29, 0.717) is 30.4 Å². The predicted molar refractivity (Wildman–Crippen MR) is 95.4 cm³/mol. The number of anilines is 1. The van der Waals surface area contributed by atoms with E-state index in [0.717, 1.165) is 6.42 Å². The Balaban J connectivity index is 1.83. The molecule has 0 aliphatic carbocycles. The topological polar surface area (TPSA) is 109 Å². The molecular formula is C18H24N4O4. The van der Waals surface area contributed by atoms with Crippen molar-refractivity contribution in [2.75, 3.05) is 11.9 Å². The highest BCUT2D eigenvalue weighted by atomic mass is 16.5. The minimum Gasteiger partial charge on any atom is -0.508 e. The number of amides is 2. The van der Waals surface area contributed by atoms with Gasteiger partial charge in [0.15, 0.2) is 5.82 Å². The van der Waals surface area contributed by atoms with Crippen LogP contribution in [0.3, 0.4) is 0 Å². The zero-order valence-corrected chi connectivity index (χ0v) is 15.1. The summed E-state index contributed by atoms with van der Waals surface area (Å²) in [5, 5.41) is 15.9. The van der Waals surface area contributed by atoms with E-state index in [-0.39, 0.29) is 37.0 Å². The van der Waals surface area contributed by atoms with Crippen LogP contribution >= 0.6 is 0 Å². The smallest absolute Gasteiger partial charge is 0.226 e. The summed E-state index contributed by atoms with van der Waals surface area (Å²) in [6.45, 7) is 4.63. The number of hydrogen-bond donors (Lipinski definition) is 2. The third-order valence-electron chi connectivity index (χ3n) is 3.74. The Hall–Kier alpha value is -2.90.